The molecule has 1 atom stereocenters. The van der Waals surface area contributed by atoms with Crippen LogP contribution in [0.5, 0.6) is 0 Å². The summed E-state index contributed by atoms with van der Waals surface area (Å²) in [6.07, 6.45) is 1.35. The minimum atomic E-state index is -4.50. The van der Waals surface area contributed by atoms with E-state index in [0.29, 0.717) is 11.1 Å². The van der Waals surface area contributed by atoms with Gasteiger partial charge in [-0.25, -0.2) is 0 Å². The molecule has 0 saturated heterocycles. The van der Waals surface area contributed by atoms with E-state index in [-0.39, 0.29) is 0 Å². The Morgan fingerprint density at radius 1 is 1.05 bits per heavy atom. The number of rotatable bonds is 4. The number of hydrogen-bond donors (Lipinski definition) is 2. The maximum absolute atomic E-state index is 12.3. The molecule has 20 heavy (non-hydrogen) atoms. The molecule has 3 nitrogen and oxygen atoms in total. The van der Waals surface area contributed by atoms with Crippen molar-refractivity contribution in [3.05, 3.63) is 83.9 Å². The number of aryl methyl sites for hydroxylation is 1. The van der Waals surface area contributed by atoms with E-state index in [1.165, 1.54) is 6.08 Å². The molecule has 0 heterocycles. The second kappa shape index (κ2) is 5.37. The van der Waals surface area contributed by atoms with Crippen LogP contribution >= 0.6 is 7.60 Å². The molecule has 4 heteroatoms. The summed E-state index contributed by atoms with van der Waals surface area (Å²) in [6, 6.07) is 16.0. The van der Waals surface area contributed by atoms with E-state index in [1.54, 1.807) is 36.4 Å². The Kier molecular flexibility index (Phi) is 3.96. The molecule has 0 bridgehead atoms. The first-order valence-electron chi connectivity index (χ1n) is 6.24. The summed E-state index contributed by atoms with van der Waals surface area (Å²) in [5.74, 6) is 0. The summed E-state index contributed by atoms with van der Waals surface area (Å²) in [4.78, 5) is 20.0. The van der Waals surface area contributed by atoms with Crippen LogP contribution in [0, 0.1) is 6.92 Å². The van der Waals surface area contributed by atoms with Crippen molar-refractivity contribution in [1.29, 1.82) is 0 Å². The Morgan fingerprint density at radius 3 is 2.10 bits per heavy atom. The highest BCUT2D eigenvalue weighted by atomic mass is 31.2. The van der Waals surface area contributed by atoms with E-state index in [1.807, 2.05) is 25.1 Å². The van der Waals surface area contributed by atoms with Crippen LogP contribution in [0.2, 0.25) is 0 Å². The van der Waals surface area contributed by atoms with Gasteiger partial charge >= 0.3 is 7.60 Å². The molecule has 0 saturated carbocycles. The van der Waals surface area contributed by atoms with Gasteiger partial charge in [0.2, 0.25) is 0 Å². The molecule has 1 unspecified atom stereocenters. The fraction of sp³-hybridized carbons (Fsp3) is 0.125. The van der Waals surface area contributed by atoms with Gasteiger partial charge in [-0.1, -0.05) is 60.7 Å². The normalized spacial score (nSPS) is 14.6. The van der Waals surface area contributed by atoms with Gasteiger partial charge in [0.15, 0.2) is 0 Å². The largest absolute Gasteiger partial charge is 0.344 e. The lowest BCUT2D eigenvalue weighted by molar-refractivity contribution is 0.351. The van der Waals surface area contributed by atoms with Gasteiger partial charge in [-0.15, -0.1) is 6.58 Å². The monoisotopic (exact) mass is 288 g/mol. The van der Waals surface area contributed by atoms with Crippen molar-refractivity contribution >= 4 is 7.60 Å². The quantitative estimate of drug-likeness (QED) is 0.667. The Labute approximate surface area is 118 Å². The summed E-state index contributed by atoms with van der Waals surface area (Å²) >= 11 is 0. The van der Waals surface area contributed by atoms with Gasteiger partial charge in [0, 0.05) is 0 Å². The molecule has 0 aliphatic carbocycles. The van der Waals surface area contributed by atoms with E-state index in [4.69, 9.17) is 0 Å². The Bertz CT molecular complexity index is 660. The van der Waals surface area contributed by atoms with Crippen molar-refractivity contribution in [2.45, 2.75) is 12.1 Å². The molecular weight excluding hydrogens is 271 g/mol. The fourth-order valence-corrected chi connectivity index (χ4v) is 3.81. The van der Waals surface area contributed by atoms with Gasteiger partial charge in [-0.2, -0.15) is 0 Å². The van der Waals surface area contributed by atoms with Crippen molar-refractivity contribution in [1.82, 2.24) is 0 Å². The predicted octanol–water partition coefficient (Wildman–Crippen LogP) is 3.60. The molecule has 0 spiro atoms. The van der Waals surface area contributed by atoms with E-state index in [2.05, 4.69) is 6.58 Å². The molecule has 2 aromatic carbocycles. The molecule has 0 fully saturated rings. The lowest BCUT2D eigenvalue weighted by atomic mass is 9.87. The molecule has 0 radical (unpaired) electrons. The molecule has 0 amide bonds. The third kappa shape index (κ3) is 2.25. The standard InChI is InChI=1S/C16H17O3P/c1-3-16(20(17,18)19,14-10-5-4-6-11-14)15-12-8-7-9-13(15)2/h3-12H,1H2,2H3,(H2,17,18,19). The molecule has 0 aromatic heterocycles. The maximum atomic E-state index is 12.3. The van der Waals surface area contributed by atoms with E-state index >= 15 is 0 Å². The topological polar surface area (TPSA) is 57.5 Å². The van der Waals surface area contributed by atoms with Crippen LogP contribution in [-0.2, 0) is 9.72 Å². The number of benzene rings is 2. The molecule has 2 rings (SSSR count). The lowest BCUT2D eigenvalue weighted by Crippen LogP contribution is -2.26. The van der Waals surface area contributed by atoms with Gasteiger partial charge in [0.1, 0.15) is 5.16 Å². The van der Waals surface area contributed by atoms with Gasteiger partial charge in [0.25, 0.3) is 0 Å². The van der Waals surface area contributed by atoms with Crippen molar-refractivity contribution in [2.75, 3.05) is 0 Å². The predicted molar refractivity (Wildman–Crippen MR) is 80.6 cm³/mol. The first-order chi connectivity index (χ1) is 9.43. The third-order valence-electron chi connectivity index (χ3n) is 3.52. The first-order valence-corrected chi connectivity index (χ1v) is 7.85. The zero-order chi connectivity index (χ0) is 14.8. The lowest BCUT2D eigenvalue weighted by Gasteiger charge is -2.33. The van der Waals surface area contributed by atoms with Crippen LogP contribution in [0.15, 0.2) is 67.3 Å². The summed E-state index contributed by atoms with van der Waals surface area (Å²) in [6.45, 7) is 5.54. The Balaban J connectivity index is 2.85. The maximum Gasteiger partial charge on any atom is 0.344 e. The Morgan fingerprint density at radius 2 is 1.60 bits per heavy atom. The smallest absolute Gasteiger partial charge is 0.323 e. The first kappa shape index (κ1) is 14.7. The van der Waals surface area contributed by atoms with Crippen molar-refractivity contribution in [2.24, 2.45) is 0 Å². The summed E-state index contributed by atoms with van der Waals surface area (Å²) in [7, 11) is -4.50. The molecule has 0 aliphatic heterocycles. The number of allylic oxidation sites excluding steroid dienone is 1. The number of hydrogen-bond acceptors (Lipinski definition) is 1. The van der Waals surface area contributed by atoms with Crippen LogP contribution in [0.1, 0.15) is 16.7 Å². The summed E-state index contributed by atoms with van der Waals surface area (Å²) in [5, 5.41) is -1.51. The molecule has 104 valence electrons. The highest BCUT2D eigenvalue weighted by molar-refractivity contribution is 7.53. The third-order valence-corrected chi connectivity index (χ3v) is 5.13. The zero-order valence-electron chi connectivity index (χ0n) is 11.2. The molecule has 2 N–H and O–H groups in total. The second-order valence-corrected chi connectivity index (χ2v) is 6.49. The highest BCUT2D eigenvalue weighted by Crippen LogP contribution is 2.61. The highest BCUT2D eigenvalue weighted by Gasteiger charge is 2.48. The van der Waals surface area contributed by atoms with Crippen LogP contribution < -0.4 is 0 Å². The SMILES string of the molecule is C=CC(c1ccccc1)(c1ccccc1C)P(=O)(O)O. The van der Waals surface area contributed by atoms with Gasteiger partial charge in [-0.05, 0) is 23.6 Å². The van der Waals surface area contributed by atoms with Crippen LogP contribution in [0.4, 0.5) is 0 Å². The van der Waals surface area contributed by atoms with Crippen molar-refractivity contribution in [3.8, 4) is 0 Å². The van der Waals surface area contributed by atoms with Gasteiger partial charge in [-0.3, -0.25) is 4.57 Å². The van der Waals surface area contributed by atoms with E-state index < -0.39 is 12.8 Å². The minimum Gasteiger partial charge on any atom is -0.323 e. The average Bonchev–Trinajstić information content (AvgIpc) is 2.42. The van der Waals surface area contributed by atoms with Crippen LogP contribution in [0.25, 0.3) is 0 Å². The van der Waals surface area contributed by atoms with Crippen molar-refractivity contribution < 1.29 is 14.4 Å². The van der Waals surface area contributed by atoms with E-state index in [9.17, 15) is 14.4 Å². The minimum absolute atomic E-state index is 0.539. The van der Waals surface area contributed by atoms with Gasteiger partial charge in [0.05, 0.1) is 0 Å². The summed E-state index contributed by atoms with van der Waals surface area (Å²) in [5.41, 5.74) is 1.94. The fourth-order valence-electron chi connectivity index (χ4n) is 2.52. The Hall–Kier alpha value is -1.67. The van der Waals surface area contributed by atoms with Crippen LogP contribution in [0.3, 0.4) is 0 Å². The summed E-state index contributed by atoms with van der Waals surface area (Å²) < 4.78 is 12.3. The van der Waals surface area contributed by atoms with Crippen molar-refractivity contribution in [3.63, 3.8) is 0 Å². The zero-order valence-corrected chi connectivity index (χ0v) is 12.1. The molecule has 0 aliphatic rings. The average molecular weight is 288 g/mol. The molecular formula is C16H17O3P. The second-order valence-electron chi connectivity index (χ2n) is 4.70. The molecule has 2 aromatic rings. The van der Waals surface area contributed by atoms with E-state index in [0.717, 1.165) is 5.56 Å². The van der Waals surface area contributed by atoms with Gasteiger partial charge < -0.3 is 9.79 Å². The van der Waals surface area contributed by atoms with Crippen LogP contribution in [-0.4, -0.2) is 9.79 Å².